The summed E-state index contributed by atoms with van der Waals surface area (Å²) in [6.45, 7) is 6.74. The SMILES string of the molecule is CC(C)[C@H](NC(=O)CCOCCOCCOCCN=[N+]=[N-])C(=O)N[C@@H](C)C(=O)Nc1ccc(COP(=O)(O)O)cc1. The van der Waals surface area contributed by atoms with E-state index in [9.17, 15) is 18.9 Å². The van der Waals surface area contributed by atoms with Crippen LogP contribution in [0.5, 0.6) is 0 Å². The summed E-state index contributed by atoms with van der Waals surface area (Å²) in [4.78, 5) is 57.9. The van der Waals surface area contributed by atoms with E-state index in [1.807, 2.05) is 0 Å². The van der Waals surface area contributed by atoms with Gasteiger partial charge in [0.2, 0.25) is 17.7 Å². The molecule has 0 unspecified atom stereocenters. The van der Waals surface area contributed by atoms with Crippen LogP contribution in [0.4, 0.5) is 5.69 Å². The molecule has 0 saturated carbocycles. The van der Waals surface area contributed by atoms with Gasteiger partial charge in [-0.2, -0.15) is 0 Å². The zero-order chi connectivity index (χ0) is 30.7. The van der Waals surface area contributed by atoms with Crippen molar-refractivity contribution in [3.63, 3.8) is 0 Å². The van der Waals surface area contributed by atoms with Crippen LogP contribution in [0.15, 0.2) is 29.4 Å². The van der Waals surface area contributed by atoms with Crippen LogP contribution < -0.4 is 16.0 Å². The molecule has 0 radical (unpaired) electrons. The first-order valence-corrected chi connectivity index (χ1v) is 14.4. The number of phosphoric ester groups is 1. The molecule has 17 heteroatoms. The Bertz CT molecular complexity index is 1050. The van der Waals surface area contributed by atoms with Gasteiger partial charge in [-0.05, 0) is 36.1 Å². The molecule has 0 spiro atoms. The molecule has 0 heterocycles. The summed E-state index contributed by atoms with van der Waals surface area (Å²) in [7, 11) is -4.59. The quantitative estimate of drug-likeness (QED) is 0.0449. The maximum absolute atomic E-state index is 12.8. The van der Waals surface area contributed by atoms with Crippen LogP contribution in [0.1, 0.15) is 32.8 Å². The van der Waals surface area contributed by atoms with Crippen LogP contribution in [-0.2, 0) is 44.3 Å². The summed E-state index contributed by atoms with van der Waals surface area (Å²) < 4.78 is 31.1. The minimum absolute atomic E-state index is 0.0320. The highest BCUT2D eigenvalue weighted by molar-refractivity contribution is 7.46. The number of anilines is 1. The molecule has 16 nitrogen and oxygen atoms in total. The molecule has 3 amide bonds. The topological polar surface area (TPSA) is 231 Å². The molecule has 5 N–H and O–H groups in total. The van der Waals surface area contributed by atoms with E-state index in [-0.39, 0.29) is 44.6 Å². The smallest absolute Gasteiger partial charge is 0.379 e. The fourth-order valence-electron chi connectivity index (χ4n) is 3.10. The Labute approximate surface area is 238 Å². The van der Waals surface area contributed by atoms with Gasteiger partial charge in [0.25, 0.3) is 0 Å². The molecule has 0 aromatic heterocycles. The highest BCUT2D eigenvalue weighted by Crippen LogP contribution is 2.36. The van der Waals surface area contributed by atoms with Crippen molar-refractivity contribution >= 4 is 31.2 Å². The summed E-state index contributed by atoms with van der Waals surface area (Å²) in [5.74, 6) is -1.65. The molecule has 0 aliphatic rings. The van der Waals surface area contributed by atoms with Crippen LogP contribution in [0.3, 0.4) is 0 Å². The zero-order valence-corrected chi connectivity index (χ0v) is 24.2. The van der Waals surface area contributed by atoms with Crippen LogP contribution in [0.2, 0.25) is 0 Å². The average molecular weight is 603 g/mol. The lowest BCUT2D eigenvalue weighted by Crippen LogP contribution is -2.53. The Morgan fingerprint density at radius 2 is 1.51 bits per heavy atom. The molecular formula is C24H39N6O10P. The minimum atomic E-state index is -4.59. The first-order valence-electron chi connectivity index (χ1n) is 12.9. The Hall–Kier alpha value is -3.07. The van der Waals surface area contributed by atoms with Gasteiger partial charge in [-0.3, -0.25) is 18.9 Å². The first kappa shape index (κ1) is 36.0. The fraction of sp³-hybridized carbons (Fsp3) is 0.625. The molecule has 230 valence electrons. The number of hydrogen-bond donors (Lipinski definition) is 5. The second kappa shape index (κ2) is 19.9. The van der Waals surface area contributed by atoms with E-state index in [4.69, 9.17) is 29.5 Å². The predicted molar refractivity (Wildman–Crippen MR) is 147 cm³/mol. The van der Waals surface area contributed by atoms with E-state index in [0.717, 1.165) is 0 Å². The molecular weight excluding hydrogens is 563 g/mol. The van der Waals surface area contributed by atoms with E-state index in [1.165, 1.54) is 31.2 Å². The monoisotopic (exact) mass is 602 g/mol. The molecule has 2 atom stereocenters. The van der Waals surface area contributed by atoms with Crippen molar-refractivity contribution in [2.45, 2.75) is 45.9 Å². The Morgan fingerprint density at radius 1 is 0.927 bits per heavy atom. The van der Waals surface area contributed by atoms with Gasteiger partial charge < -0.3 is 39.9 Å². The van der Waals surface area contributed by atoms with Crippen LogP contribution in [0, 0.1) is 5.92 Å². The predicted octanol–water partition coefficient (Wildman–Crippen LogP) is 1.63. The Kier molecular flexibility index (Phi) is 17.5. The highest BCUT2D eigenvalue weighted by Gasteiger charge is 2.27. The molecule has 0 aliphatic heterocycles. The average Bonchev–Trinajstić information content (AvgIpc) is 2.91. The number of nitrogens with one attached hydrogen (secondary N) is 3. The number of benzene rings is 1. The van der Waals surface area contributed by atoms with E-state index in [2.05, 4.69) is 30.5 Å². The summed E-state index contributed by atoms with van der Waals surface area (Å²) in [6, 6.07) is 4.33. The number of ether oxygens (including phenoxy) is 3. The highest BCUT2D eigenvalue weighted by atomic mass is 31.2. The standard InChI is InChI=1S/C24H39N6O10P/c1-17(2)22(29-21(31)8-10-37-12-14-39-15-13-38-11-9-26-30-25)24(33)27-18(3)23(32)28-20-6-4-19(5-7-20)16-40-41(34,35)36/h4-7,17-18,22H,8-16H2,1-3H3,(H,27,33)(H,28,32)(H,29,31)(H2,34,35,36)/t18-,22-/m0/s1. The summed E-state index contributed by atoms with van der Waals surface area (Å²) in [6.07, 6.45) is 0.0320. The van der Waals surface area contributed by atoms with Crippen LogP contribution >= 0.6 is 7.82 Å². The van der Waals surface area contributed by atoms with Crippen molar-refractivity contribution in [2.24, 2.45) is 11.0 Å². The number of carbonyl (C=O) groups excluding carboxylic acids is 3. The lowest BCUT2D eigenvalue weighted by atomic mass is 10.0. The molecule has 0 saturated heterocycles. The van der Waals surface area contributed by atoms with E-state index >= 15 is 0 Å². The molecule has 0 bridgehead atoms. The van der Waals surface area contributed by atoms with Crippen molar-refractivity contribution in [1.29, 1.82) is 0 Å². The molecule has 1 rings (SSSR count). The molecule has 0 aliphatic carbocycles. The molecule has 1 aromatic carbocycles. The van der Waals surface area contributed by atoms with Gasteiger partial charge >= 0.3 is 7.82 Å². The van der Waals surface area contributed by atoms with Gasteiger partial charge in [-0.25, -0.2) is 4.57 Å². The lowest BCUT2D eigenvalue weighted by molar-refractivity contribution is -0.132. The van der Waals surface area contributed by atoms with Crippen LogP contribution in [0.25, 0.3) is 10.4 Å². The first-order chi connectivity index (χ1) is 19.4. The molecule has 1 aromatic rings. The Morgan fingerprint density at radius 3 is 2.07 bits per heavy atom. The summed E-state index contributed by atoms with van der Waals surface area (Å²) >= 11 is 0. The number of amides is 3. The van der Waals surface area contributed by atoms with Crippen molar-refractivity contribution < 1.29 is 47.5 Å². The van der Waals surface area contributed by atoms with Gasteiger partial charge in [0, 0.05) is 23.6 Å². The van der Waals surface area contributed by atoms with Crippen molar-refractivity contribution in [3.05, 3.63) is 40.3 Å². The van der Waals surface area contributed by atoms with Crippen molar-refractivity contribution in [3.8, 4) is 0 Å². The third kappa shape index (κ3) is 17.4. The maximum atomic E-state index is 12.8. The lowest BCUT2D eigenvalue weighted by Gasteiger charge is -2.24. The second-order valence-electron chi connectivity index (χ2n) is 9.01. The van der Waals surface area contributed by atoms with E-state index in [1.54, 1.807) is 13.8 Å². The van der Waals surface area contributed by atoms with Gasteiger partial charge in [0.1, 0.15) is 12.1 Å². The van der Waals surface area contributed by atoms with Crippen molar-refractivity contribution in [2.75, 3.05) is 51.5 Å². The van der Waals surface area contributed by atoms with Gasteiger partial charge in [0.05, 0.1) is 46.2 Å². The largest absolute Gasteiger partial charge is 0.469 e. The second-order valence-corrected chi connectivity index (χ2v) is 10.3. The van der Waals surface area contributed by atoms with E-state index < -0.39 is 31.7 Å². The van der Waals surface area contributed by atoms with Gasteiger partial charge in [-0.1, -0.05) is 31.1 Å². The molecule has 41 heavy (non-hydrogen) atoms. The normalized spacial score (nSPS) is 12.7. The number of rotatable bonds is 21. The number of phosphoric acid groups is 1. The minimum Gasteiger partial charge on any atom is -0.379 e. The van der Waals surface area contributed by atoms with Crippen molar-refractivity contribution in [1.82, 2.24) is 10.6 Å². The number of nitrogens with zero attached hydrogens (tertiary/aromatic N) is 3. The maximum Gasteiger partial charge on any atom is 0.469 e. The fourth-order valence-corrected chi connectivity index (χ4v) is 3.42. The number of hydrogen-bond acceptors (Lipinski definition) is 9. The number of azide groups is 1. The van der Waals surface area contributed by atoms with Crippen LogP contribution in [-0.4, -0.2) is 85.8 Å². The summed E-state index contributed by atoms with van der Waals surface area (Å²) in [5, 5.41) is 11.2. The third-order valence-corrected chi connectivity index (χ3v) is 5.72. The number of carbonyl (C=O) groups is 3. The van der Waals surface area contributed by atoms with Gasteiger partial charge in [0.15, 0.2) is 0 Å². The zero-order valence-electron chi connectivity index (χ0n) is 23.4. The van der Waals surface area contributed by atoms with E-state index in [0.29, 0.717) is 37.7 Å². The van der Waals surface area contributed by atoms with Gasteiger partial charge in [-0.15, -0.1) is 0 Å². The molecule has 0 fully saturated rings. The summed E-state index contributed by atoms with van der Waals surface area (Å²) in [5.41, 5.74) is 9.05. The Balaban J connectivity index is 2.35. The third-order valence-electron chi connectivity index (χ3n) is 5.25.